The lowest BCUT2D eigenvalue weighted by Crippen LogP contribution is -2.25. The van der Waals surface area contributed by atoms with Crippen LogP contribution in [-0.4, -0.2) is 27.1 Å². The van der Waals surface area contributed by atoms with E-state index in [0.29, 0.717) is 16.5 Å². The lowest BCUT2D eigenvalue weighted by Gasteiger charge is -2.18. The maximum Gasteiger partial charge on any atom is 0.262 e. The second kappa shape index (κ2) is 6.10. The van der Waals surface area contributed by atoms with Gasteiger partial charge >= 0.3 is 0 Å². The van der Waals surface area contributed by atoms with Crippen molar-refractivity contribution < 1.29 is 9.53 Å². The van der Waals surface area contributed by atoms with Gasteiger partial charge in [-0.3, -0.25) is 4.79 Å². The quantitative estimate of drug-likeness (QED) is 0.573. The number of rotatable bonds is 2. The minimum absolute atomic E-state index is 0.0372. The fourth-order valence-electron chi connectivity index (χ4n) is 3.12. The van der Waals surface area contributed by atoms with Gasteiger partial charge in [0, 0.05) is 28.4 Å². The zero-order valence-corrected chi connectivity index (χ0v) is 14.8. The molecule has 0 bridgehead atoms. The van der Waals surface area contributed by atoms with Crippen LogP contribution in [-0.2, 0) is 4.79 Å². The van der Waals surface area contributed by atoms with E-state index in [0.717, 1.165) is 28.2 Å². The molecular formula is C20H13ClN4O2. The third-order valence-corrected chi connectivity index (χ3v) is 4.66. The fourth-order valence-corrected chi connectivity index (χ4v) is 3.24. The molecule has 0 radical (unpaired) electrons. The Morgan fingerprint density at radius 3 is 2.70 bits per heavy atom. The van der Waals surface area contributed by atoms with Gasteiger partial charge in [0.05, 0.1) is 17.1 Å². The molecule has 2 aromatic heterocycles. The number of halogens is 1. The van der Waals surface area contributed by atoms with Crippen LogP contribution in [0.1, 0.15) is 0 Å². The Bertz CT molecular complexity index is 1180. The number of nitrogens with one attached hydrogen (secondary N) is 1. The van der Waals surface area contributed by atoms with Crippen molar-refractivity contribution in [1.29, 1.82) is 0 Å². The van der Waals surface area contributed by atoms with Gasteiger partial charge in [-0.1, -0.05) is 23.7 Å². The van der Waals surface area contributed by atoms with Crippen LogP contribution >= 0.6 is 11.6 Å². The van der Waals surface area contributed by atoms with Crippen LogP contribution < -0.4 is 10.1 Å². The number of hydrogen-bond acceptors (Lipinski definition) is 4. The molecule has 4 aromatic rings. The second-order valence-electron chi connectivity index (χ2n) is 6.18. The number of benzene rings is 2. The number of fused-ring (bicyclic) bond motifs is 2. The van der Waals surface area contributed by atoms with Crippen LogP contribution in [0.25, 0.3) is 28.2 Å². The van der Waals surface area contributed by atoms with Gasteiger partial charge in [-0.05, 0) is 36.4 Å². The summed E-state index contributed by atoms with van der Waals surface area (Å²) in [5, 5.41) is 8.22. The summed E-state index contributed by atoms with van der Waals surface area (Å²) in [5.41, 5.74) is 4.91. The van der Waals surface area contributed by atoms with E-state index >= 15 is 0 Å². The van der Waals surface area contributed by atoms with Crippen LogP contribution in [0.3, 0.4) is 0 Å². The lowest BCUT2D eigenvalue weighted by molar-refractivity contribution is -0.118. The van der Waals surface area contributed by atoms with E-state index in [-0.39, 0.29) is 12.5 Å². The van der Waals surface area contributed by atoms with Gasteiger partial charge < -0.3 is 10.1 Å². The molecule has 2 aromatic carbocycles. The first-order chi connectivity index (χ1) is 13.2. The van der Waals surface area contributed by atoms with E-state index < -0.39 is 0 Å². The number of carbonyl (C=O) groups excluding carboxylic acids is 1. The molecule has 5 rings (SSSR count). The fraction of sp³-hybridized carbons (Fsp3) is 0.0500. The van der Waals surface area contributed by atoms with E-state index in [1.54, 1.807) is 10.7 Å². The predicted octanol–water partition coefficient (Wildman–Crippen LogP) is 4.05. The molecule has 1 N–H and O–H groups in total. The molecule has 0 aliphatic carbocycles. The molecule has 0 spiro atoms. The first kappa shape index (κ1) is 15.8. The monoisotopic (exact) mass is 376 g/mol. The molecule has 0 saturated heterocycles. The summed E-state index contributed by atoms with van der Waals surface area (Å²) in [5.74, 6) is 0.495. The third kappa shape index (κ3) is 2.80. The normalized spacial score (nSPS) is 13.1. The first-order valence-electron chi connectivity index (χ1n) is 8.35. The van der Waals surface area contributed by atoms with E-state index in [4.69, 9.17) is 21.4 Å². The average Bonchev–Trinajstić information content (AvgIpc) is 3.12. The molecule has 6 nitrogen and oxygen atoms in total. The van der Waals surface area contributed by atoms with Crippen molar-refractivity contribution in [2.75, 3.05) is 11.9 Å². The Morgan fingerprint density at radius 1 is 1.04 bits per heavy atom. The number of ether oxygens (including phenoxy) is 1. The zero-order chi connectivity index (χ0) is 18.4. The van der Waals surface area contributed by atoms with Gasteiger partial charge in [-0.2, -0.15) is 5.10 Å². The van der Waals surface area contributed by atoms with Crippen LogP contribution in [0.5, 0.6) is 5.75 Å². The van der Waals surface area contributed by atoms with Crippen molar-refractivity contribution in [2.45, 2.75) is 0 Å². The summed E-state index contributed by atoms with van der Waals surface area (Å²) in [7, 11) is 0. The number of hydrogen-bond donors (Lipinski definition) is 1. The zero-order valence-electron chi connectivity index (χ0n) is 14.0. The van der Waals surface area contributed by atoms with Crippen molar-refractivity contribution in [3.63, 3.8) is 0 Å². The van der Waals surface area contributed by atoms with Crippen LogP contribution in [0.15, 0.2) is 60.8 Å². The van der Waals surface area contributed by atoms with Gasteiger partial charge in [0.2, 0.25) is 0 Å². The van der Waals surface area contributed by atoms with E-state index in [1.165, 1.54) is 0 Å². The maximum absolute atomic E-state index is 11.6. The minimum atomic E-state index is -0.163. The highest BCUT2D eigenvalue weighted by Gasteiger charge is 2.17. The Balaban J connectivity index is 1.63. The predicted molar refractivity (Wildman–Crippen MR) is 103 cm³/mol. The summed E-state index contributed by atoms with van der Waals surface area (Å²) in [6.07, 6.45) is 1.74. The molecule has 1 amide bonds. The molecule has 27 heavy (non-hydrogen) atoms. The SMILES string of the molecule is O=C1COc2ccc(-c3ccnc4cc(-c5ccc(Cl)cc5)nn34)cc2N1. The summed E-state index contributed by atoms with van der Waals surface area (Å²) in [6.45, 7) is 0.0372. The summed E-state index contributed by atoms with van der Waals surface area (Å²) in [6, 6.07) is 17.0. The molecule has 0 unspecified atom stereocenters. The summed E-state index contributed by atoms with van der Waals surface area (Å²) in [4.78, 5) is 16.0. The Hall–Kier alpha value is -3.38. The lowest BCUT2D eigenvalue weighted by atomic mass is 10.1. The van der Waals surface area contributed by atoms with Gasteiger partial charge in [-0.15, -0.1) is 0 Å². The largest absolute Gasteiger partial charge is 0.482 e. The van der Waals surface area contributed by atoms with Crippen molar-refractivity contribution in [3.8, 4) is 28.3 Å². The highest BCUT2D eigenvalue weighted by molar-refractivity contribution is 6.30. The second-order valence-corrected chi connectivity index (χ2v) is 6.62. The molecule has 7 heteroatoms. The molecule has 1 aliphatic rings. The van der Waals surface area contributed by atoms with Gasteiger partial charge in [-0.25, -0.2) is 9.50 Å². The molecular weight excluding hydrogens is 364 g/mol. The standard InChI is InChI=1S/C20H13ClN4O2/c21-14-4-1-12(2-5-14)15-10-19-22-8-7-17(25(19)24-15)13-3-6-18-16(9-13)23-20(26)11-27-18/h1-10H,11H2,(H,23,26). The smallest absolute Gasteiger partial charge is 0.262 e. The van der Waals surface area contributed by atoms with E-state index in [9.17, 15) is 4.79 Å². The minimum Gasteiger partial charge on any atom is -0.482 e. The van der Waals surface area contributed by atoms with Crippen molar-refractivity contribution in [2.24, 2.45) is 0 Å². The highest BCUT2D eigenvalue weighted by atomic mass is 35.5. The highest BCUT2D eigenvalue weighted by Crippen LogP contribution is 2.33. The third-order valence-electron chi connectivity index (χ3n) is 4.41. The van der Waals surface area contributed by atoms with E-state index in [2.05, 4.69) is 10.3 Å². The first-order valence-corrected chi connectivity index (χ1v) is 8.73. The van der Waals surface area contributed by atoms with Gasteiger partial charge in [0.25, 0.3) is 5.91 Å². The number of nitrogens with zero attached hydrogens (tertiary/aromatic N) is 3. The van der Waals surface area contributed by atoms with E-state index in [1.807, 2.05) is 54.6 Å². The number of amides is 1. The van der Waals surface area contributed by atoms with Crippen LogP contribution in [0, 0.1) is 0 Å². The molecule has 0 fully saturated rings. The van der Waals surface area contributed by atoms with Crippen molar-refractivity contribution in [3.05, 3.63) is 65.8 Å². The molecule has 0 atom stereocenters. The number of aromatic nitrogens is 3. The van der Waals surface area contributed by atoms with Gasteiger partial charge in [0.15, 0.2) is 12.3 Å². The average molecular weight is 377 g/mol. The summed E-state index contributed by atoms with van der Waals surface area (Å²) < 4.78 is 7.22. The number of anilines is 1. The Labute approximate surface area is 159 Å². The topological polar surface area (TPSA) is 68.5 Å². The summed E-state index contributed by atoms with van der Waals surface area (Å²) >= 11 is 5.97. The van der Waals surface area contributed by atoms with Crippen molar-refractivity contribution >= 4 is 28.8 Å². The van der Waals surface area contributed by atoms with Crippen LogP contribution in [0.4, 0.5) is 5.69 Å². The van der Waals surface area contributed by atoms with Crippen LogP contribution in [0.2, 0.25) is 5.02 Å². The Morgan fingerprint density at radius 2 is 1.85 bits per heavy atom. The molecule has 0 saturated carbocycles. The molecule has 1 aliphatic heterocycles. The van der Waals surface area contributed by atoms with Gasteiger partial charge in [0.1, 0.15) is 5.75 Å². The maximum atomic E-state index is 11.6. The molecule has 132 valence electrons. The molecule has 3 heterocycles. The van der Waals surface area contributed by atoms with Crippen molar-refractivity contribution in [1.82, 2.24) is 14.6 Å². The number of carbonyl (C=O) groups is 1. The Kier molecular flexibility index (Phi) is 3.58.